The lowest BCUT2D eigenvalue weighted by molar-refractivity contribution is -0.0712. The summed E-state index contributed by atoms with van der Waals surface area (Å²) in [5.74, 6) is 1.19. The molecular weight excluding hydrogens is 493 g/mol. The van der Waals surface area contributed by atoms with Gasteiger partial charge in [-0.1, -0.05) is 30.7 Å². The van der Waals surface area contributed by atoms with Crippen LogP contribution in [0.1, 0.15) is 61.7 Å². The van der Waals surface area contributed by atoms with Gasteiger partial charge in [0.15, 0.2) is 11.5 Å². The van der Waals surface area contributed by atoms with Crippen molar-refractivity contribution in [3.63, 3.8) is 0 Å². The van der Waals surface area contributed by atoms with Crippen LogP contribution in [-0.4, -0.2) is 40.3 Å². The summed E-state index contributed by atoms with van der Waals surface area (Å²) < 4.78 is 35.2. The van der Waals surface area contributed by atoms with Crippen molar-refractivity contribution in [2.24, 2.45) is 0 Å². The van der Waals surface area contributed by atoms with Gasteiger partial charge < -0.3 is 18.8 Å². The Bertz CT molecular complexity index is 1290. The number of imidazole rings is 1. The van der Waals surface area contributed by atoms with Crippen LogP contribution in [0, 0.1) is 5.82 Å². The number of para-hydroxylation sites is 1. The SMILES string of the molecule is CCc1cn(C[C@@H]2CCO2)c(CN2CCC(c3cccc4c3O[C@@](C)(c3ccc(Cl)cc3F)O4)CC2)n1. The molecule has 0 radical (unpaired) electrons. The van der Waals surface area contributed by atoms with Crippen molar-refractivity contribution < 1.29 is 18.6 Å². The van der Waals surface area contributed by atoms with Crippen LogP contribution in [0.25, 0.3) is 0 Å². The lowest BCUT2D eigenvalue weighted by atomic mass is 9.88. The highest BCUT2D eigenvalue weighted by molar-refractivity contribution is 6.30. The van der Waals surface area contributed by atoms with E-state index in [4.69, 9.17) is 30.8 Å². The van der Waals surface area contributed by atoms with E-state index in [9.17, 15) is 4.39 Å². The molecule has 0 N–H and O–H groups in total. The molecule has 4 heterocycles. The number of fused-ring (bicyclic) bond motifs is 1. The molecule has 0 aliphatic carbocycles. The monoisotopic (exact) mass is 525 g/mol. The predicted octanol–water partition coefficient (Wildman–Crippen LogP) is 6.05. The van der Waals surface area contributed by atoms with Crippen LogP contribution in [0.4, 0.5) is 4.39 Å². The molecule has 37 heavy (non-hydrogen) atoms. The van der Waals surface area contributed by atoms with Crippen LogP contribution in [0.15, 0.2) is 42.6 Å². The van der Waals surface area contributed by atoms with Crippen molar-refractivity contribution in [2.45, 2.75) is 70.4 Å². The van der Waals surface area contributed by atoms with Gasteiger partial charge in [0, 0.05) is 30.3 Å². The van der Waals surface area contributed by atoms with Gasteiger partial charge in [0.05, 0.1) is 30.5 Å². The van der Waals surface area contributed by atoms with Gasteiger partial charge in [0.25, 0.3) is 5.79 Å². The fourth-order valence-corrected chi connectivity index (χ4v) is 5.81. The Hall–Kier alpha value is -2.61. The van der Waals surface area contributed by atoms with Crippen LogP contribution in [-0.2, 0) is 30.0 Å². The van der Waals surface area contributed by atoms with Gasteiger partial charge in [0.1, 0.15) is 11.6 Å². The second-order valence-corrected chi connectivity index (χ2v) is 10.9. The van der Waals surface area contributed by atoms with E-state index < -0.39 is 11.6 Å². The molecular formula is C29H33ClFN3O3. The molecule has 0 unspecified atom stereocenters. The van der Waals surface area contributed by atoms with Gasteiger partial charge in [-0.15, -0.1) is 0 Å². The van der Waals surface area contributed by atoms with E-state index in [1.807, 2.05) is 12.1 Å². The molecule has 6 rings (SSSR count). The summed E-state index contributed by atoms with van der Waals surface area (Å²) in [6, 6.07) is 10.6. The number of aromatic nitrogens is 2. The zero-order chi connectivity index (χ0) is 25.6. The highest BCUT2D eigenvalue weighted by Crippen LogP contribution is 2.49. The third-order valence-corrected chi connectivity index (χ3v) is 8.12. The Morgan fingerprint density at radius 1 is 1.14 bits per heavy atom. The number of piperidine rings is 1. The van der Waals surface area contributed by atoms with Crippen molar-refractivity contribution >= 4 is 11.6 Å². The van der Waals surface area contributed by atoms with Crippen molar-refractivity contribution in [1.82, 2.24) is 14.5 Å². The predicted molar refractivity (Wildman–Crippen MR) is 140 cm³/mol. The first-order valence-corrected chi connectivity index (χ1v) is 13.6. The Morgan fingerprint density at radius 2 is 1.95 bits per heavy atom. The lowest BCUT2D eigenvalue weighted by Crippen LogP contribution is -2.35. The first-order valence-electron chi connectivity index (χ1n) is 13.3. The fraction of sp³-hybridized carbons (Fsp3) is 0.483. The maximum Gasteiger partial charge on any atom is 0.278 e. The van der Waals surface area contributed by atoms with E-state index in [0.29, 0.717) is 28.4 Å². The highest BCUT2D eigenvalue weighted by Gasteiger charge is 2.43. The molecule has 3 aromatic rings. The number of halogens is 2. The molecule has 0 spiro atoms. The summed E-state index contributed by atoms with van der Waals surface area (Å²) in [4.78, 5) is 7.40. The van der Waals surface area contributed by atoms with Crippen LogP contribution < -0.4 is 9.47 Å². The standard InChI is InChI=1S/C29H33ClFN3O3/c1-3-21-16-34(17-22-11-14-35-22)27(32-21)18-33-12-9-19(10-13-33)23-5-4-6-26-28(23)37-29(2,36-26)24-8-7-20(30)15-25(24)31/h4-8,15-16,19,22H,3,9-14,17-18H2,1-2H3/t22-,29-/m0/s1. The molecule has 196 valence electrons. The van der Waals surface area contributed by atoms with E-state index in [1.165, 1.54) is 6.07 Å². The van der Waals surface area contributed by atoms with Crippen molar-refractivity contribution in [3.8, 4) is 11.5 Å². The number of hydrogen-bond donors (Lipinski definition) is 0. The number of aryl methyl sites for hydroxylation is 1. The van der Waals surface area contributed by atoms with Crippen LogP contribution in [0.2, 0.25) is 5.02 Å². The van der Waals surface area contributed by atoms with E-state index in [2.05, 4.69) is 28.7 Å². The van der Waals surface area contributed by atoms with Gasteiger partial charge in [-0.2, -0.15) is 0 Å². The van der Waals surface area contributed by atoms with E-state index in [-0.39, 0.29) is 0 Å². The minimum atomic E-state index is -1.23. The summed E-state index contributed by atoms with van der Waals surface area (Å²) in [6.07, 6.45) is 6.60. The average molecular weight is 526 g/mol. The lowest BCUT2D eigenvalue weighted by Gasteiger charge is -2.33. The topological polar surface area (TPSA) is 48.8 Å². The second-order valence-electron chi connectivity index (χ2n) is 10.4. The number of benzene rings is 2. The van der Waals surface area contributed by atoms with E-state index in [1.54, 1.807) is 19.1 Å². The molecule has 8 heteroatoms. The largest absolute Gasteiger partial charge is 0.444 e. The molecule has 3 aliphatic rings. The zero-order valence-corrected chi connectivity index (χ0v) is 22.1. The van der Waals surface area contributed by atoms with Crippen molar-refractivity contribution in [1.29, 1.82) is 0 Å². The maximum absolute atomic E-state index is 14.7. The molecule has 2 saturated heterocycles. The quantitative estimate of drug-likeness (QED) is 0.376. The van der Waals surface area contributed by atoms with Crippen LogP contribution in [0.3, 0.4) is 0 Å². The minimum Gasteiger partial charge on any atom is -0.444 e. The number of nitrogens with zero attached hydrogens (tertiary/aromatic N) is 3. The molecule has 6 nitrogen and oxygen atoms in total. The minimum absolute atomic E-state index is 0.317. The highest BCUT2D eigenvalue weighted by atomic mass is 35.5. The van der Waals surface area contributed by atoms with Gasteiger partial charge >= 0.3 is 0 Å². The van der Waals surface area contributed by atoms with Gasteiger partial charge in [0.2, 0.25) is 0 Å². The average Bonchev–Trinajstić information content (AvgIpc) is 3.41. The summed E-state index contributed by atoms with van der Waals surface area (Å²) in [5.41, 5.74) is 2.61. The Kier molecular flexibility index (Phi) is 6.63. The molecule has 0 saturated carbocycles. The van der Waals surface area contributed by atoms with Crippen LogP contribution >= 0.6 is 11.6 Å². The first kappa shape index (κ1) is 24.7. The van der Waals surface area contributed by atoms with Crippen molar-refractivity contribution in [3.05, 3.63) is 76.1 Å². The summed E-state index contributed by atoms with van der Waals surface area (Å²) in [6.45, 7) is 8.47. The van der Waals surface area contributed by atoms with E-state index >= 15 is 0 Å². The maximum atomic E-state index is 14.7. The summed E-state index contributed by atoms with van der Waals surface area (Å²) in [5, 5.41) is 0.345. The van der Waals surface area contributed by atoms with Gasteiger partial charge in [-0.25, -0.2) is 9.37 Å². The molecule has 1 aromatic heterocycles. The Balaban J connectivity index is 1.14. The van der Waals surface area contributed by atoms with Gasteiger partial charge in [-0.05, 0) is 69.0 Å². The summed E-state index contributed by atoms with van der Waals surface area (Å²) in [7, 11) is 0. The number of ether oxygens (including phenoxy) is 3. The normalized spacial score (nSPS) is 23.8. The molecule has 2 atom stereocenters. The van der Waals surface area contributed by atoms with Crippen molar-refractivity contribution in [2.75, 3.05) is 19.7 Å². The second kappa shape index (κ2) is 9.93. The zero-order valence-electron chi connectivity index (χ0n) is 21.4. The molecule has 3 aliphatic heterocycles. The smallest absolute Gasteiger partial charge is 0.278 e. The van der Waals surface area contributed by atoms with Gasteiger partial charge in [-0.3, -0.25) is 4.90 Å². The first-order chi connectivity index (χ1) is 17.9. The fourth-order valence-electron chi connectivity index (χ4n) is 5.65. The number of rotatable bonds is 7. The third kappa shape index (κ3) is 4.85. The third-order valence-electron chi connectivity index (χ3n) is 7.89. The molecule has 0 amide bonds. The van der Waals surface area contributed by atoms with Crippen LogP contribution in [0.5, 0.6) is 11.5 Å². The molecule has 0 bridgehead atoms. The van der Waals surface area contributed by atoms with E-state index in [0.717, 1.165) is 81.3 Å². The molecule has 2 fully saturated rings. The summed E-state index contributed by atoms with van der Waals surface area (Å²) >= 11 is 5.96. The number of likely N-dealkylation sites (tertiary alicyclic amines) is 1. The Morgan fingerprint density at radius 3 is 2.65 bits per heavy atom. The Labute approximate surface area is 222 Å². The molecule has 2 aromatic carbocycles. The number of hydrogen-bond acceptors (Lipinski definition) is 5.